The predicted octanol–water partition coefficient (Wildman–Crippen LogP) is 2.16. The number of aliphatic hydroxyl groups is 1. The van der Waals surface area contributed by atoms with Crippen LogP contribution in [0.5, 0.6) is 0 Å². The molecule has 0 fully saturated rings. The summed E-state index contributed by atoms with van der Waals surface area (Å²) in [5.74, 6) is -2.35. The molecule has 0 spiro atoms. The van der Waals surface area contributed by atoms with Crippen LogP contribution in [-0.4, -0.2) is 42.9 Å². The summed E-state index contributed by atoms with van der Waals surface area (Å²) in [6, 6.07) is 2.61. The van der Waals surface area contributed by atoms with Gasteiger partial charge in [-0.25, -0.2) is 31.8 Å². The van der Waals surface area contributed by atoms with Gasteiger partial charge in [0.25, 0.3) is 0 Å². The highest BCUT2D eigenvalue weighted by atomic mass is 32.2. The van der Waals surface area contributed by atoms with E-state index in [1.54, 1.807) is 16.8 Å². The van der Waals surface area contributed by atoms with Gasteiger partial charge in [0.15, 0.2) is 14.8 Å². The zero-order chi connectivity index (χ0) is 21.5. The molecule has 0 aliphatic heterocycles. The molecule has 3 heterocycles. The van der Waals surface area contributed by atoms with Crippen molar-refractivity contribution in [2.24, 2.45) is 0 Å². The van der Waals surface area contributed by atoms with Crippen molar-refractivity contribution in [1.29, 1.82) is 0 Å². The molecule has 0 aliphatic carbocycles. The molecule has 1 aromatic carbocycles. The first kappa shape index (κ1) is 20.6. The minimum absolute atomic E-state index is 0.302. The molecule has 8 nitrogen and oxygen atoms in total. The number of benzene rings is 1. The summed E-state index contributed by atoms with van der Waals surface area (Å²) in [6.07, 6.45) is 5.82. The number of aromatic nitrogens is 5. The molecule has 0 unspecified atom stereocenters. The fourth-order valence-electron chi connectivity index (χ4n) is 3.31. The van der Waals surface area contributed by atoms with Gasteiger partial charge < -0.3 is 5.11 Å². The SMILES string of the molecule is C[C@H]([C@](O)(Cn1cncn1)c1ccc(F)cc1F)S(=O)(=O)Cc1cn2ccsc2n1. The van der Waals surface area contributed by atoms with Crippen LogP contribution in [0.15, 0.2) is 48.6 Å². The van der Waals surface area contributed by atoms with Crippen molar-refractivity contribution >= 4 is 26.1 Å². The van der Waals surface area contributed by atoms with Crippen LogP contribution in [0, 0.1) is 11.6 Å². The van der Waals surface area contributed by atoms with Crippen LogP contribution in [-0.2, 0) is 27.7 Å². The van der Waals surface area contributed by atoms with Gasteiger partial charge in [0, 0.05) is 29.4 Å². The fraction of sp³-hybridized carbons (Fsp3) is 0.278. The third-order valence-electron chi connectivity index (χ3n) is 4.97. The van der Waals surface area contributed by atoms with Crippen LogP contribution in [0.2, 0.25) is 0 Å². The lowest BCUT2D eigenvalue weighted by atomic mass is 9.90. The first-order valence-corrected chi connectivity index (χ1v) is 11.4. The highest BCUT2D eigenvalue weighted by Gasteiger charge is 2.45. The monoisotopic (exact) mass is 453 g/mol. The Balaban J connectivity index is 1.73. The second kappa shape index (κ2) is 7.52. The van der Waals surface area contributed by atoms with Crippen molar-refractivity contribution in [3.63, 3.8) is 0 Å². The van der Waals surface area contributed by atoms with Gasteiger partial charge in [-0.15, -0.1) is 11.3 Å². The number of rotatable bonds is 7. The largest absolute Gasteiger partial charge is 0.382 e. The number of halogens is 2. The summed E-state index contributed by atoms with van der Waals surface area (Å²) >= 11 is 1.36. The molecule has 0 aliphatic rings. The predicted molar refractivity (Wildman–Crippen MR) is 105 cm³/mol. The average Bonchev–Trinajstić information content (AvgIpc) is 3.38. The number of nitrogens with zero attached hydrogens (tertiary/aromatic N) is 5. The van der Waals surface area contributed by atoms with Crippen molar-refractivity contribution in [2.75, 3.05) is 0 Å². The van der Waals surface area contributed by atoms with Crippen LogP contribution < -0.4 is 0 Å². The Morgan fingerprint density at radius 1 is 1.33 bits per heavy atom. The normalized spacial score (nSPS) is 15.3. The van der Waals surface area contributed by atoms with E-state index in [1.807, 2.05) is 5.38 Å². The van der Waals surface area contributed by atoms with E-state index in [0.717, 1.165) is 12.1 Å². The van der Waals surface area contributed by atoms with Crippen molar-refractivity contribution in [2.45, 2.75) is 30.1 Å². The van der Waals surface area contributed by atoms with Crippen LogP contribution in [0.4, 0.5) is 8.78 Å². The van der Waals surface area contributed by atoms with E-state index in [4.69, 9.17) is 0 Å². The fourth-order valence-corrected chi connectivity index (χ4v) is 5.62. The Morgan fingerprint density at radius 2 is 2.13 bits per heavy atom. The Labute approximate surface area is 174 Å². The highest BCUT2D eigenvalue weighted by Crippen LogP contribution is 2.34. The van der Waals surface area contributed by atoms with Gasteiger partial charge in [-0.05, 0) is 13.0 Å². The Hall–Kier alpha value is -2.70. The van der Waals surface area contributed by atoms with E-state index in [0.29, 0.717) is 16.7 Å². The van der Waals surface area contributed by atoms with Crippen LogP contribution in [0.3, 0.4) is 0 Å². The Morgan fingerprint density at radius 3 is 2.80 bits per heavy atom. The van der Waals surface area contributed by atoms with Gasteiger partial charge in [-0.2, -0.15) is 5.10 Å². The van der Waals surface area contributed by atoms with Crippen LogP contribution >= 0.6 is 11.3 Å². The zero-order valence-corrected chi connectivity index (χ0v) is 17.3. The molecule has 158 valence electrons. The molecule has 4 rings (SSSR count). The maximum atomic E-state index is 14.6. The van der Waals surface area contributed by atoms with Crippen molar-refractivity contribution in [3.05, 3.63) is 71.5 Å². The lowest BCUT2D eigenvalue weighted by Gasteiger charge is -2.34. The Bertz CT molecular complexity index is 1260. The highest BCUT2D eigenvalue weighted by molar-refractivity contribution is 7.91. The summed E-state index contributed by atoms with van der Waals surface area (Å²) in [7, 11) is -4.02. The van der Waals surface area contributed by atoms with E-state index in [9.17, 15) is 22.3 Å². The molecule has 0 radical (unpaired) electrons. The molecule has 30 heavy (non-hydrogen) atoms. The first-order chi connectivity index (χ1) is 14.2. The number of fused-ring (bicyclic) bond motifs is 1. The van der Waals surface area contributed by atoms with E-state index < -0.39 is 44.6 Å². The molecule has 0 saturated heterocycles. The summed E-state index contributed by atoms with van der Waals surface area (Å²) in [4.78, 5) is 8.67. The van der Waals surface area contributed by atoms with Gasteiger partial charge in [0.2, 0.25) is 0 Å². The molecule has 12 heteroatoms. The average molecular weight is 453 g/mol. The zero-order valence-electron chi connectivity index (χ0n) is 15.7. The van der Waals surface area contributed by atoms with Crippen molar-refractivity contribution in [1.82, 2.24) is 24.1 Å². The third kappa shape index (κ3) is 3.73. The molecular weight excluding hydrogens is 436 g/mol. The molecule has 0 bridgehead atoms. The summed E-state index contributed by atoms with van der Waals surface area (Å²) in [5.41, 5.74) is -2.28. The number of hydrogen-bond donors (Lipinski definition) is 1. The maximum absolute atomic E-state index is 14.6. The molecule has 0 saturated carbocycles. The summed E-state index contributed by atoms with van der Waals surface area (Å²) < 4.78 is 57.3. The minimum Gasteiger partial charge on any atom is -0.382 e. The molecule has 0 amide bonds. The van der Waals surface area contributed by atoms with Gasteiger partial charge in [-0.1, -0.05) is 6.07 Å². The smallest absolute Gasteiger partial charge is 0.193 e. The third-order valence-corrected chi connectivity index (χ3v) is 7.91. The number of thiazole rings is 1. The maximum Gasteiger partial charge on any atom is 0.193 e. The van der Waals surface area contributed by atoms with E-state index >= 15 is 0 Å². The second-order valence-electron chi connectivity index (χ2n) is 6.92. The van der Waals surface area contributed by atoms with Crippen LogP contribution in [0.25, 0.3) is 4.96 Å². The summed E-state index contributed by atoms with van der Waals surface area (Å²) in [5, 5.41) is 15.7. The van der Waals surface area contributed by atoms with Gasteiger partial charge >= 0.3 is 0 Å². The quantitative estimate of drug-likeness (QED) is 0.460. The summed E-state index contributed by atoms with van der Waals surface area (Å²) in [6.45, 7) is 0.891. The van der Waals surface area contributed by atoms with Gasteiger partial charge in [-0.3, -0.25) is 4.40 Å². The Kier molecular flexibility index (Phi) is 5.16. The lowest BCUT2D eigenvalue weighted by Crippen LogP contribution is -2.47. The van der Waals surface area contributed by atoms with Crippen molar-refractivity contribution in [3.8, 4) is 0 Å². The molecular formula is C18H17F2N5O3S2. The number of imidazole rings is 1. The van der Waals surface area contributed by atoms with Crippen LogP contribution in [0.1, 0.15) is 18.2 Å². The van der Waals surface area contributed by atoms with Gasteiger partial charge in [0.05, 0.1) is 23.2 Å². The lowest BCUT2D eigenvalue weighted by molar-refractivity contribution is 0.0109. The number of hydrogen-bond acceptors (Lipinski definition) is 7. The van der Waals surface area contributed by atoms with E-state index in [-0.39, 0.29) is 5.56 Å². The first-order valence-electron chi connectivity index (χ1n) is 8.82. The standard InChI is InChI=1S/C18H17F2N5O3S2/c1-12(30(27,28)8-14-7-24-4-5-29-17(24)23-14)18(26,9-25-11-21-10-22-25)15-3-2-13(19)6-16(15)20/h2-7,10-12,26H,8-9H2,1H3/t12-,18-/m1/s1. The van der Waals surface area contributed by atoms with E-state index in [2.05, 4.69) is 15.1 Å². The molecule has 1 N–H and O–H groups in total. The minimum atomic E-state index is -4.02. The molecule has 2 atom stereocenters. The molecule has 4 aromatic rings. The topological polar surface area (TPSA) is 102 Å². The van der Waals surface area contributed by atoms with E-state index in [1.165, 1.54) is 35.6 Å². The molecule has 3 aromatic heterocycles. The van der Waals surface area contributed by atoms with Gasteiger partial charge in [0.1, 0.15) is 29.9 Å². The number of sulfone groups is 1. The van der Waals surface area contributed by atoms with Crippen molar-refractivity contribution < 1.29 is 22.3 Å². The second-order valence-corrected chi connectivity index (χ2v) is 10.1.